The summed E-state index contributed by atoms with van der Waals surface area (Å²) in [4.78, 5) is 4.15. The standard InChI is InChI=1S/C15H21F2NO2.C13H19NO/c1-10-5-14-6-12(11(2)20)3-4-13(14)7-18(10)8-15(16,17)9-19;1-2-12-10-14(11-12)8-9-15-13-6-4-3-5-7-13/h3-4,6,10-11,19-20H,5,7-9H2,1-2H3;3-7,12H,2,8-11H2,1H3. The Labute approximate surface area is 208 Å². The lowest BCUT2D eigenvalue weighted by atomic mass is 9.92. The molecular weight excluding hydrogens is 450 g/mol. The number of rotatable bonds is 9. The smallest absolute Gasteiger partial charge is 0.283 e. The molecule has 2 unspecified atom stereocenters. The Balaban J connectivity index is 0.000000203. The second-order valence-corrected chi connectivity index (χ2v) is 9.87. The maximum Gasteiger partial charge on any atom is 0.283 e. The van der Waals surface area contributed by atoms with E-state index < -0.39 is 25.2 Å². The molecule has 1 fully saturated rings. The van der Waals surface area contributed by atoms with E-state index in [1.54, 1.807) is 11.8 Å². The molecule has 0 bridgehead atoms. The van der Waals surface area contributed by atoms with Gasteiger partial charge in [0, 0.05) is 32.2 Å². The Kier molecular flexibility index (Phi) is 10.0. The van der Waals surface area contributed by atoms with Crippen molar-refractivity contribution in [2.75, 3.05) is 39.4 Å². The number of benzene rings is 2. The number of hydrogen-bond donors (Lipinski definition) is 2. The lowest BCUT2D eigenvalue weighted by Crippen LogP contribution is -2.47. The second kappa shape index (κ2) is 12.8. The molecule has 0 saturated carbocycles. The highest BCUT2D eigenvalue weighted by Gasteiger charge is 2.34. The number of nitrogens with zero attached hydrogens (tertiary/aromatic N) is 2. The summed E-state index contributed by atoms with van der Waals surface area (Å²) < 4.78 is 32.3. The molecule has 4 rings (SSSR count). The highest BCUT2D eigenvalue weighted by molar-refractivity contribution is 5.35. The summed E-state index contributed by atoms with van der Waals surface area (Å²) in [6.45, 7) is 9.17. The van der Waals surface area contributed by atoms with E-state index >= 15 is 0 Å². The fourth-order valence-electron chi connectivity index (χ4n) is 4.56. The quantitative estimate of drug-likeness (QED) is 0.541. The third-order valence-electron chi connectivity index (χ3n) is 6.92. The van der Waals surface area contributed by atoms with Gasteiger partial charge in [0.05, 0.1) is 12.6 Å². The normalized spacial score (nSPS) is 19.8. The van der Waals surface area contributed by atoms with Gasteiger partial charge < -0.3 is 14.9 Å². The highest BCUT2D eigenvalue weighted by atomic mass is 19.3. The topological polar surface area (TPSA) is 56.2 Å². The van der Waals surface area contributed by atoms with Gasteiger partial charge >= 0.3 is 0 Å². The van der Waals surface area contributed by atoms with Gasteiger partial charge in [-0.3, -0.25) is 9.80 Å². The maximum absolute atomic E-state index is 13.3. The lowest BCUT2D eigenvalue weighted by Gasteiger charge is -2.38. The first kappa shape index (κ1) is 27.5. The van der Waals surface area contributed by atoms with Crippen molar-refractivity contribution in [3.8, 4) is 5.75 Å². The van der Waals surface area contributed by atoms with Gasteiger partial charge in [0.2, 0.25) is 0 Å². The molecule has 2 N–H and O–H groups in total. The van der Waals surface area contributed by atoms with E-state index in [-0.39, 0.29) is 6.04 Å². The average molecular weight is 491 g/mol. The number of halogens is 2. The molecule has 35 heavy (non-hydrogen) atoms. The maximum atomic E-state index is 13.3. The number of likely N-dealkylation sites (tertiary alicyclic amines) is 1. The van der Waals surface area contributed by atoms with Gasteiger partial charge in [-0.2, -0.15) is 0 Å². The van der Waals surface area contributed by atoms with Gasteiger partial charge in [-0.1, -0.05) is 49.7 Å². The van der Waals surface area contributed by atoms with Crippen LogP contribution in [-0.2, 0) is 13.0 Å². The summed E-state index contributed by atoms with van der Waals surface area (Å²) in [7, 11) is 0. The third-order valence-corrected chi connectivity index (χ3v) is 6.92. The minimum Gasteiger partial charge on any atom is -0.492 e. The summed E-state index contributed by atoms with van der Waals surface area (Å²) in [5, 5.41) is 18.3. The van der Waals surface area contributed by atoms with Crippen LogP contribution in [0.4, 0.5) is 8.78 Å². The number of ether oxygens (including phenoxy) is 1. The van der Waals surface area contributed by atoms with Crippen molar-refractivity contribution in [2.45, 2.75) is 58.2 Å². The van der Waals surface area contributed by atoms with Crippen LogP contribution >= 0.6 is 0 Å². The van der Waals surface area contributed by atoms with Crippen molar-refractivity contribution in [1.82, 2.24) is 9.80 Å². The fraction of sp³-hybridized carbons (Fsp3) is 0.571. The predicted molar refractivity (Wildman–Crippen MR) is 135 cm³/mol. The van der Waals surface area contributed by atoms with Crippen LogP contribution in [0.15, 0.2) is 48.5 Å². The summed E-state index contributed by atoms with van der Waals surface area (Å²) in [5.41, 5.74) is 2.98. The van der Waals surface area contributed by atoms with E-state index in [4.69, 9.17) is 9.84 Å². The number of fused-ring (bicyclic) bond motifs is 1. The van der Waals surface area contributed by atoms with Crippen LogP contribution in [0.1, 0.15) is 50.0 Å². The highest BCUT2D eigenvalue weighted by Crippen LogP contribution is 2.28. The Morgan fingerprint density at radius 2 is 1.83 bits per heavy atom. The predicted octanol–water partition coefficient (Wildman–Crippen LogP) is 4.52. The van der Waals surface area contributed by atoms with Crippen molar-refractivity contribution in [1.29, 1.82) is 0 Å². The molecule has 0 aromatic heterocycles. The second-order valence-electron chi connectivity index (χ2n) is 9.87. The first-order chi connectivity index (χ1) is 16.7. The van der Waals surface area contributed by atoms with Gasteiger partial charge in [0.1, 0.15) is 19.0 Å². The minimum atomic E-state index is -3.06. The summed E-state index contributed by atoms with van der Waals surface area (Å²) in [5.74, 6) is -1.16. The number of aliphatic hydroxyl groups is 2. The van der Waals surface area contributed by atoms with Crippen LogP contribution in [0.3, 0.4) is 0 Å². The Hall–Kier alpha value is -2.06. The number of para-hydroxylation sites is 1. The number of hydrogen-bond acceptors (Lipinski definition) is 5. The van der Waals surface area contributed by atoms with Gasteiger partial charge in [-0.25, -0.2) is 8.78 Å². The molecule has 0 radical (unpaired) electrons. The van der Waals surface area contributed by atoms with Crippen molar-refractivity contribution in [3.63, 3.8) is 0 Å². The first-order valence-corrected chi connectivity index (χ1v) is 12.6. The Morgan fingerprint density at radius 3 is 2.46 bits per heavy atom. The molecule has 2 aromatic rings. The zero-order valence-electron chi connectivity index (χ0n) is 21.2. The van der Waals surface area contributed by atoms with Crippen molar-refractivity contribution in [3.05, 3.63) is 65.2 Å². The Bertz CT molecular complexity index is 904. The fourth-order valence-corrected chi connectivity index (χ4v) is 4.56. The zero-order valence-corrected chi connectivity index (χ0v) is 21.2. The van der Waals surface area contributed by atoms with Crippen LogP contribution < -0.4 is 4.74 Å². The molecule has 2 aromatic carbocycles. The van der Waals surface area contributed by atoms with E-state index in [0.717, 1.165) is 41.5 Å². The molecule has 2 atom stereocenters. The first-order valence-electron chi connectivity index (χ1n) is 12.6. The van der Waals surface area contributed by atoms with Gasteiger partial charge in [0.15, 0.2) is 0 Å². The molecule has 2 heterocycles. The van der Waals surface area contributed by atoms with Crippen LogP contribution in [-0.4, -0.2) is 71.4 Å². The van der Waals surface area contributed by atoms with Crippen molar-refractivity contribution >= 4 is 0 Å². The largest absolute Gasteiger partial charge is 0.492 e. The van der Waals surface area contributed by atoms with Gasteiger partial charge in [-0.15, -0.1) is 0 Å². The van der Waals surface area contributed by atoms with E-state index in [9.17, 15) is 13.9 Å². The van der Waals surface area contributed by atoms with E-state index in [1.165, 1.54) is 19.5 Å². The summed E-state index contributed by atoms with van der Waals surface area (Å²) in [6.07, 6.45) is 1.47. The minimum absolute atomic E-state index is 0.0100. The van der Waals surface area contributed by atoms with E-state index in [2.05, 4.69) is 11.8 Å². The monoisotopic (exact) mass is 490 g/mol. The molecule has 7 heteroatoms. The molecule has 1 saturated heterocycles. The van der Waals surface area contributed by atoms with Gasteiger partial charge in [-0.05, 0) is 55.0 Å². The number of alkyl halides is 2. The molecule has 0 spiro atoms. The molecule has 194 valence electrons. The molecular formula is C28H40F2N2O3. The third kappa shape index (κ3) is 8.24. The molecule has 2 aliphatic rings. The number of aliphatic hydroxyl groups excluding tert-OH is 2. The van der Waals surface area contributed by atoms with E-state index in [1.807, 2.05) is 55.5 Å². The SMILES string of the molecule is CC(O)c1ccc2c(c1)CC(C)N(CC(F)(F)CO)C2.CCC1CN(CCOc2ccccc2)C1. The van der Waals surface area contributed by atoms with Gasteiger partial charge in [0.25, 0.3) is 5.92 Å². The average Bonchev–Trinajstić information content (AvgIpc) is 2.81. The molecule has 0 amide bonds. The van der Waals surface area contributed by atoms with Crippen LogP contribution in [0.5, 0.6) is 5.75 Å². The van der Waals surface area contributed by atoms with Crippen LogP contribution in [0.2, 0.25) is 0 Å². The summed E-state index contributed by atoms with van der Waals surface area (Å²) >= 11 is 0. The molecule has 2 aliphatic heterocycles. The zero-order chi connectivity index (χ0) is 25.4. The molecule has 5 nitrogen and oxygen atoms in total. The van der Waals surface area contributed by atoms with Crippen molar-refractivity contribution in [2.24, 2.45) is 5.92 Å². The van der Waals surface area contributed by atoms with Crippen LogP contribution in [0, 0.1) is 5.92 Å². The van der Waals surface area contributed by atoms with Crippen LogP contribution in [0.25, 0.3) is 0 Å². The van der Waals surface area contributed by atoms with E-state index in [0.29, 0.717) is 13.0 Å². The lowest BCUT2D eigenvalue weighted by molar-refractivity contribution is -0.0818. The molecule has 0 aliphatic carbocycles. The summed E-state index contributed by atoms with van der Waals surface area (Å²) in [6, 6.07) is 15.7. The van der Waals surface area contributed by atoms with Crippen molar-refractivity contribution < 1.29 is 23.7 Å². The Morgan fingerprint density at radius 1 is 1.11 bits per heavy atom.